The molecule has 0 radical (unpaired) electrons. The molecule has 0 saturated carbocycles. The Morgan fingerprint density at radius 3 is 2.41 bits per heavy atom. The fourth-order valence-corrected chi connectivity index (χ4v) is 1.55. The molecule has 0 spiro atoms. The van der Waals surface area contributed by atoms with Gasteiger partial charge in [-0.15, -0.1) is 0 Å². The second kappa shape index (κ2) is 5.84. The molecule has 1 aromatic rings. The van der Waals surface area contributed by atoms with Crippen LogP contribution in [0.15, 0.2) is 12.1 Å². The summed E-state index contributed by atoms with van der Waals surface area (Å²) >= 11 is 0. The first kappa shape index (κ1) is 13.7. The van der Waals surface area contributed by atoms with Gasteiger partial charge in [-0.3, -0.25) is 4.79 Å². The summed E-state index contributed by atoms with van der Waals surface area (Å²) in [6, 6.07) is 1.76. The SMILES string of the molecule is CC(C)CCCC(=O)c1ccc(F)c(F)c1F. The van der Waals surface area contributed by atoms with Crippen molar-refractivity contribution in [1.82, 2.24) is 0 Å². The quantitative estimate of drug-likeness (QED) is 0.562. The average Bonchev–Trinajstić information content (AvgIpc) is 2.25. The third-order valence-electron chi connectivity index (χ3n) is 2.52. The molecule has 0 N–H and O–H groups in total. The van der Waals surface area contributed by atoms with Crippen molar-refractivity contribution < 1.29 is 18.0 Å². The number of benzene rings is 1. The van der Waals surface area contributed by atoms with Gasteiger partial charge in [0.2, 0.25) is 0 Å². The molecule has 0 amide bonds. The van der Waals surface area contributed by atoms with Crippen molar-refractivity contribution in [2.45, 2.75) is 33.1 Å². The second-order valence-corrected chi connectivity index (χ2v) is 4.43. The molecular formula is C13H15F3O. The molecular weight excluding hydrogens is 229 g/mol. The Hall–Kier alpha value is -1.32. The van der Waals surface area contributed by atoms with E-state index in [2.05, 4.69) is 0 Å². The fourth-order valence-electron chi connectivity index (χ4n) is 1.55. The zero-order valence-electron chi connectivity index (χ0n) is 9.90. The van der Waals surface area contributed by atoms with Crippen molar-refractivity contribution in [3.63, 3.8) is 0 Å². The molecule has 4 heteroatoms. The van der Waals surface area contributed by atoms with E-state index in [1.165, 1.54) is 0 Å². The molecule has 1 aromatic carbocycles. The summed E-state index contributed by atoms with van der Waals surface area (Å²) in [6.45, 7) is 4.03. The van der Waals surface area contributed by atoms with Crippen LogP contribution in [0.1, 0.15) is 43.5 Å². The maximum absolute atomic E-state index is 13.3. The van der Waals surface area contributed by atoms with E-state index in [1.54, 1.807) is 0 Å². The summed E-state index contributed by atoms with van der Waals surface area (Å²) in [5, 5.41) is 0. The largest absolute Gasteiger partial charge is 0.294 e. The van der Waals surface area contributed by atoms with Gasteiger partial charge in [-0.2, -0.15) is 0 Å². The van der Waals surface area contributed by atoms with Crippen LogP contribution in [0.25, 0.3) is 0 Å². The Morgan fingerprint density at radius 1 is 1.18 bits per heavy atom. The van der Waals surface area contributed by atoms with Gasteiger partial charge in [0.25, 0.3) is 0 Å². The lowest BCUT2D eigenvalue weighted by molar-refractivity contribution is 0.0973. The lowest BCUT2D eigenvalue weighted by Gasteiger charge is -2.05. The molecule has 0 aliphatic carbocycles. The molecule has 0 aliphatic heterocycles. The number of ketones is 1. The Balaban J connectivity index is 2.73. The highest BCUT2D eigenvalue weighted by Gasteiger charge is 2.18. The standard InChI is InChI=1S/C13H15F3O/c1-8(2)4-3-5-11(17)9-6-7-10(14)13(16)12(9)15/h6-8H,3-5H2,1-2H3. The van der Waals surface area contributed by atoms with Crippen LogP contribution in [0.2, 0.25) is 0 Å². The van der Waals surface area contributed by atoms with Gasteiger partial charge in [-0.25, -0.2) is 13.2 Å². The zero-order chi connectivity index (χ0) is 13.0. The maximum Gasteiger partial charge on any atom is 0.195 e. The van der Waals surface area contributed by atoms with Crippen LogP contribution in [0.3, 0.4) is 0 Å². The van der Waals surface area contributed by atoms with Gasteiger partial charge < -0.3 is 0 Å². The second-order valence-electron chi connectivity index (χ2n) is 4.43. The van der Waals surface area contributed by atoms with Crippen LogP contribution in [-0.2, 0) is 0 Å². The summed E-state index contributed by atoms with van der Waals surface area (Å²) < 4.78 is 38.8. The summed E-state index contributed by atoms with van der Waals surface area (Å²) in [5.74, 6) is -4.28. The highest BCUT2D eigenvalue weighted by atomic mass is 19.2. The third-order valence-corrected chi connectivity index (χ3v) is 2.52. The Morgan fingerprint density at radius 2 is 1.82 bits per heavy atom. The predicted octanol–water partition coefficient (Wildman–Crippen LogP) is 4.11. The number of hydrogen-bond donors (Lipinski definition) is 0. The van der Waals surface area contributed by atoms with Crippen LogP contribution in [0, 0.1) is 23.4 Å². The highest BCUT2D eigenvalue weighted by Crippen LogP contribution is 2.18. The lowest BCUT2D eigenvalue weighted by Crippen LogP contribution is -2.06. The average molecular weight is 244 g/mol. The third kappa shape index (κ3) is 3.58. The zero-order valence-corrected chi connectivity index (χ0v) is 9.90. The number of rotatable bonds is 5. The van der Waals surface area contributed by atoms with E-state index in [0.29, 0.717) is 12.3 Å². The molecule has 17 heavy (non-hydrogen) atoms. The van der Waals surface area contributed by atoms with Gasteiger partial charge in [-0.1, -0.05) is 20.3 Å². The minimum Gasteiger partial charge on any atom is -0.294 e. The highest BCUT2D eigenvalue weighted by molar-refractivity contribution is 5.96. The number of hydrogen-bond acceptors (Lipinski definition) is 1. The van der Waals surface area contributed by atoms with Gasteiger partial charge in [0.1, 0.15) is 0 Å². The molecule has 94 valence electrons. The summed E-state index contributed by atoms with van der Waals surface area (Å²) in [6.07, 6.45) is 1.62. The molecule has 0 aliphatic rings. The topological polar surface area (TPSA) is 17.1 Å². The van der Waals surface area contributed by atoms with Gasteiger partial charge in [0.05, 0.1) is 5.56 Å². The predicted molar refractivity (Wildman–Crippen MR) is 59.3 cm³/mol. The summed E-state index contributed by atoms with van der Waals surface area (Å²) in [7, 11) is 0. The fraction of sp³-hybridized carbons (Fsp3) is 0.462. The van der Waals surface area contributed by atoms with Crippen LogP contribution >= 0.6 is 0 Å². The Kier molecular flexibility index (Phi) is 4.73. The van der Waals surface area contributed by atoms with Crippen LogP contribution < -0.4 is 0 Å². The minimum atomic E-state index is -1.58. The van der Waals surface area contributed by atoms with Gasteiger partial charge >= 0.3 is 0 Å². The number of Topliss-reactive ketones (excluding diaryl/α,β-unsaturated/α-hetero) is 1. The van der Waals surface area contributed by atoms with E-state index in [9.17, 15) is 18.0 Å². The normalized spacial score (nSPS) is 10.9. The van der Waals surface area contributed by atoms with Gasteiger partial charge in [-0.05, 0) is 24.5 Å². The van der Waals surface area contributed by atoms with Crippen LogP contribution in [0.5, 0.6) is 0 Å². The Labute approximate surface area is 98.6 Å². The van der Waals surface area contributed by atoms with E-state index < -0.39 is 23.2 Å². The summed E-state index contributed by atoms with van der Waals surface area (Å²) in [5.41, 5.74) is -0.368. The molecule has 0 heterocycles. The first-order valence-corrected chi connectivity index (χ1v) is 5.60. The van der Waals surface area contributed by atoms with Gasteiger partial charge in [0, 0.05) is 6.42 Å². The molecule has 0 atom stereocenters. The molecule has 1 nitrogen and oxygen atoms in total. The number of halogens is 3. The smallest absolute Gasteiger partial charge is 0.195 e. The van der Waals surface area contributed by atoms with E-state index in [1.807, 2.05) is 13.8 Å². The molecule has 0 bridgehead atoms. The monoisotopic (exact) mass is 244 g/mol. The minimum absolute atomic E-state index is 0.153. The van der Waals surface area contributed by atoms with E-state index in [4.69, 9.17) is 0 Å². The first-order valence-electron chi connectivity index (χ1n) is 5.60. The van der Waals surface area contributed by atoms with Crippen molar-refractivity contribution in [2.24, 2.45) is 5.92 Å². The number of carbonyl (C=O) groups excluding carboxylic acids is 1. The van der Waals surface area contributed by atoms with Gasteiger partial charge in [0.15, 0.2) is 23.2 Å². The molecule has 1 rings (SSSR count). The molecule has 0 saturated heterocycles. The van der Waals surface area contributed by atoms with Crippen molar-refractivity contribution in [1.29, 1.82) is 0 Å². The van der Waals surface area contributed by atoms with E-state index >= 15 is 0 Å². The summed E-state index contributed by atoms with van der Waals surface area (Å²) in [4.78, 5) is 11.6. The van der Waals surface area contributed by atoms with E-state index in [0.717, 1.165) is 18.6 Å². The van der Waals surface area contributed by atoms with Crippen LogP contribution in [-0.4, -0.2) is 5.78 Å². The van der Waals surface area contributed by atoms with E-state index in [-0.39, 0.29) is 12.0 Å². The maximum atomic E-state index is 13.3. The molecule has 0 fully saturated rings. The Bertz CT molecular complexity index is 413. The van der Waals surface area contributed by atoms with Crippen molar-refractivity contribution in [2.75, 3.05) is 0 Å². The van der Waals surface area contributed by atoms with Crippen molar-refractivity contribution in [3.05, 3.63) is 35.1 Å². The van der Waals surface area contributed by atoms with Crippen molar-refractivity contribution >= 4 is 5.78 Å². The molecule has 0 unspecified atom stereocenters. The number of carbonyl (C=O) groups is 1. The van der Waals surface area contributed by atoms with Crippen LogP contribution in [0.4, 0.5) is 13.2 Å². The van der Waals surface area contributed by atoms with Crippen molar-refractivity contribution in [3.8, 4) is 0 Å². The first-order chi connectivity index (χ1) is 7.93. The lowest BCUT2D eigenvalue weighted by atomic mass is 10.0. The molecule has 0 aromatic heterocycles.